The van der Waals surface area contributed by atoms with E-state index in [-0.39, 0.29) is 6.61 Å². The molecule has 0 bridgehead atoms. The summed E-state index contributed by atoms with van der Waals surface area (Å²) in [6.07, 6.45) is 0. The summed E-state index contributed by atoms with van der Waals surface area (Å²) >= 11 is 0. The normalized spacial score (nSPS) is 18.9. The van der Waals surface area contributed by atoms with Gasteiger partial charge in [-0.15, -0.1) is 0 Å². The van der Waals surface area contributed by atoms with E-state index in [9.17, 15) is 4.79 Å². The first-order chi connectivity index (χ1) is 9.69. The minimum atomic E-state index is -0.973. The Balaban J connectivity index is 1.76. The molecular formula is C15H21N2O3. The lowest BCUT2D eigenvalue weighted by atomic mass is 10.1. The van der Waals surface area contributed by atoms with E-state index < -0.39 is 11.9 Å². The molecule has 0 spiro atoms. The fourth-order valence-corrected chi connectivity index (χ4v) is 2.36. The zero-order valence-corrected chi connectivity index (χ0v) is 11.5. The van der Waals surface area contributed by atoms with Gasteiger partial charge in [-0.2, -0.15) is 0 Å². The zero-order chi connectivity index (χ0) is 14.4. The molecule has 5 nitrogen and oxygen atoms in total. The van der Waals surface area contributed by atoms with Crippen molar-refractivity contribution in [1.82, 2.24) is 9.80 Å². The van der Waals surface area contributed by atoms with Gasteiger partial charge in [0.25, 0.3) is 0 Å². The summed E-state index contributed by atoms with van der Waals surface area (Å²) in [6.45, 7) is 5.64. The molecular weight excluding hydrogens is 256 g/mol. The summed E-state index contributed by atoms with van der Waals surface area (Å²) in [5, 5.41) is 17.9. The lowest BCUT2D eigenvalue weighted by Gasteiger charge is -2.35. The standard InChI is InChI=1S/C15H21N2O3/c18-12-14(15(19)20)11-17-8-6-16(7-9-17)10-13-4-2-1-3-5-13/h1-5,11,14,18H,6-10,12H2,(H,19,20). The van der Waals surface area contributed by atoms with Gasteiger partial charge in [-0.05, 0) is 5.56 Å². The quantitative estimate of drug-likeness (QED) is 0.800. The number of carbonyl (C=O) groups is 1. The largest absolute Gasteiger partial charge is 0.481 e. The van der Waals surface area contributed by atoms with Crippen LogP contribution < -0.4 is 0 Å². The van der Waals surface area contributed by atoms with Crippen LogP contribution in [0.2, 0.25) is 0 Å². The number of piperazine rings is 1. The van der Waals surface area contributed by atoms with Gasteiger partial charge in [0.2, 0.25) is 0 Å². The number of nitrogens with zero attached hydrogens (tertiary/aromatic N) is 2. The molecule has 1 heterocycles. The van der Waals surface area contributed by atoms with Crippen LogP contribution in [0.25, 0.3) is 0 Å². The molecule has 0 aliphatic carbocycles. The number of aliphatic hydroxyl groups excluding tert-OH is 1. The van der Waals surface area contributed by atoms with Crippen molar-refractivity contribution in [3.63, 3.8) is 0 Å². The molecule has 1 saturated heterocycles. The van der Waals surface area contributed by atoms with Gasteiger partial charge in [-0.25, -0.2) is 0 Å². The Morgan fingerprint density at radius 3 is 2.40 bits per heavy atom. The number of aliphatic hydroxyl groups is 1. The molecule has 1 fully saturated rings. The monoisotopic (exact) mass is 277 g/mol. The second kappa shape index (κ2) is 7.38. The maximum absolute atomic E-state index is 10.9. The first-order valence-corrected chi connectivity index (χ1v) is 6.88. The topological polar surface area (TPSA) is 64.0 Å². The van der Waals surface area contributed by atoms with Crippen LogP contribution in [-0.2, 0) is 11.3 Å². The number of rotatable bonds is 6. The molecule has 1 radical (unpaired) electrons. The van der Waals surface area contributed by atoms with Crippen molar-refractivity contribution in [2.45, 2.75) is 6.54 Å². The number of aliphatic carboxylic acids is 1. The highest BCUT2D eigenvalue weighted by Gasteiger charge is 2.24. The van der Waals surface area contributed by atoms with Crippen molar-refractivity contribution in [2.75, 3.05) is 32.8 Å². The predicted molar refractivity (Wildman–Crippen MR) is 75.8 cm³/mol. The molecule has 2 rings (SSSR count). The van der Waals surface area contributed by atoms with Crippen LogP contribution >= 0.6 is 0 Å². The van der Waals surface area contributed by atoms with Crippen LogP contribution in [0.15, 0.2) is 30.3 Å². The molecule has 5 heteroatoms. The molecule has 0 amide bonds. The lowest BCUT2D eigenvalue weighted by Crippen LogP contribution is -2.46. The van der Waals surface area contributed by atoms with Crippen molar-refractivity contribution in [1.29, 1.82) is 0 Å². The van der Waals surface area contributed by atoms with Crippen molar-refractivity contribution in [3.05, 3.63) is 42.4 Å². The third-order valence-corrected chi connectivity index (χ3v) is 3.56. The van der Waals surface area contributed by atoms with Crippen molar-refractivity contribution in [3.8, 4) is 0 Å². The van der Waals surface area contributed by atoms with Gasteiger partial charge in [-0.3, -0.25) is 14.6 Å². The van der Waals surface area contributed by atoms with Gasteiger partial charge in [0.1, 0.15) is 0 Å². The van der Waals surface area contributed by atoms with E-state index in [4.69, 9.17) is 10.2 Å². The Hall–Kier alpha value is -1.43. The summed E-state index contributed by atoms with van der Waals surface area (Å²) in [5.74, 6) is -1.77. The lowest BCUT2D eigenvalue weighted by molar-refractivity contribution is -0.142. The third kappa shape index (κ3) is 4.30. The van der Waals surface area contributed by atoms with E-state index in [1.807, 2.05) is 23.1 Å². The van der Waals surface area contributed by atoms with Crippen LogP contribution in [0, 0.1) is 12.5 Å². The molecule has 2 N–H and O–H groups in total. The molecule has 109 valence electrons. The smallest absolute Gasteiger partial charge is 0.310 e. The Kier molecular flexibility index (Phi) is 5.52. The Morgan fingerprint density at radius 2 is 1.85 bits per heavy atom. The van der Waals surface area contributed by atoms with Crippen LogP contribution in [0.3, 0.4) is 0 Å². The maximum atomic E-state index is 10.9. The SMILES string of the molecule is O=C(O)C([CH]N1CCN(Cc2ccccc2)CC1)CO. The Morgan fingerprint density at radius 1 is 1.20 bits per heavy atom. The molecule has 1 atom stereocenters. The maximum Gasteiger partial charge on any atom is 0.310 e. The number of carboxylic acid groups (broad SMARTS) is 1. The van der Waals surface area contributed by atoms with Crippen LogP contribution in [-0.4, -0.2) is 58.8 Å². The highest BCUT2D eigenvalue weighted by atomic mass is 16.4. The van der Waals surface area contributed by atoms with E-state index in [0.29, 0.717) is 0 Å². The van der Waals surface area contributed by atoms with Gasteiger partial charge in [0.15, 0.2) is 0 Å². The second-order valence-corrected chi connectivity index (χ2v) is 5.07. The molecule has 1 unspecified atom stereocenters. The molecule has 1 aromatic rings. The number of hydrogen-bond donors (Lipinski definition) is 2. The van der Waals surface area contributed by atoms with Crippen LogP contribution in [0.1, 0.15) is 5.56 Å². The minimum Gasteiger partial charge on any atom is -0.481 e. The van der Waals surface area contributed by atoms with Gasteiger partial charge in [0, 0.05) is 39.3 Å². The summed E-state index contributed by atoms with van der Waals surface area (Å²) in [7, 11) is 0. The zero-order valence-electron chi connectivity index (χ0n) is 11.5. The van der Waals surface area contributed by atoms with Gasteiger partial charge < -0.3 is 10.2 Å². The van der Waals surface area contributed by atoms with E-state index in [2.05, 4.69) is 17.0 Å². The number of benzene rings is 1. The molecule has 1 aliphatic rings. The van der Waals surface area contributed by atoms with E-state index in [0.717, 1.165) is 32.7 Å². The van der Waals surface area contributed by atoms with Crippen LogP contribution in [0.5, 0.6) is 0 Å². The fraction of sp³-hybridized carbons (Fsp3) is 0.467. The van der Waals surface area contributed by atoms with E-state index in [1.54, 1.807) is 6.54 Å². The van der Waals surface area contributed by atoms with Crippen molar-refractivity contribution >= 4 is 5.97 Å². The van der Waals surface area contributed by atoms with E-state index >= 15 is 0 Å². The summed E-state index contributed by atoms with van der Waals surface area (Å²) in [4.78, 5) is 15.2. The summed E-state index contributed by atoms with van der Waals surface area (Å²) in [5.41, 5.74) is 1.30. The first kappa shape index (κ1) is 15.0. The van der Waals surface area contributed by atoms with Gasteiger partial charge >= 0.3 is 5.97 Å². The Labute approximate surface area is 119 Å². The molecule has 20 heavy (non-hydrogen) atoms. The molecule has 1 aliphatic heterocycles. The summed E-state index contributed by atoms with van der Waals surface area (Å²) < 4.78 is 0. The predicted octanol–water partition coefficient (Wildman–Crippen LogP) is 0.659. The average molecular weight is 277 g/mol. The molecule has 1 aromatic carbocycles. The second-order valence-electron chi connectivity index (χ2n) is 5.07. The highest BCUT2D eigenvalue weighted by Crippen LogP contribution is 2.12. The number of hydrogen-bond acceptors (Lipinski definition) is 4. The third-order valence-electron chi connectivity index (χ3n) is 3.56. The van der Waals surface area contributed by atoms with E-state index in [1.165, 1.54) is 5.56 Å². The fourth-order valence-electron chi connectivity index (χ4n) is 2.36. The average Bonchev–Trinajstić information content (AvgIpc) is 2.47. The highest BCUT2D eigenvalue weighted by molar-refractivity contribution is 5.71. The van der Waals surface area contributed by atoms with Gasteiger partial charge in [0.05, 0.1) is 12.5 Å². The Bertz CT molecular complexity index is 416. The van der Waals surface area contributed by atoms with Gasteiger partial charge in [-0.1, -0.05) is 30.3 Å². The van der Waals surface area contributed by atoms with Crippen molar-refractivity contribution in [2.24, 2.45) is 5.92 Å². The summed E-state index contributed by atoms with van der Waals surface area (Å²) in [6, 6.07) is 10.3. The first-order valence-electron chi connectivity index (χ1n) is 6.88. The minimum absolute atomic E-state index is 0.348. The molecule has 0 aromatic heterocycles. The van der Waals surface area contributed by atoms with Crippen molar-refractivity contribution < 1.29 is 15.0 Å². The van der Waals surface area contributed by atoms with Crippen LogP contribution in [0.4, 0.5) is 0 Å². The number of carboxylic acids is 1. The molecule has 0 saturated carbocycles.